The van der Waals surface area contributed by atoms with Crippen molar-refractivity contribution in [1.29, 1.82) is 0 Å². The average Bonchev–Trinajstić information content (AvgIpc) is 2.63. The predicted octanol–water partition coefficient (Wildman–Crippen LogP) is 1.34. The van der Waals surface area contributed by atoms with Gasteiger partial charge in [0.15, 0.2) is 5.82 Å². The highest BCUT2D eigenvalue weighted by Crippen LogP contribution is 2.23. The molecule has 16 heavy (non-hydrogen) atoms. The summed E-state index contributed by atoms with van der Waals surface area (Å²) in [6.45, 7) is 6.19. The quantitative estimate of drug-likeness (QED) is 0.763. The lowest BCUT2D eigenvalue weighted by atomic mass is 10.0. The number of hydrogen-bond donors (Lipinski definition) is 1. The Labute approximate surface area is 94.1 Å². The number of nitrogen functional groups attached to an aromatic ring is 1. The Bertz CT molecular complexity index is 349. The summed E-state index contributed by atoms with van der Waals surface area (Å²) < 4.78 is 9.60. The van der Waals surface area contributed by atoms with Crippen LogP contribution in [0.1, 0.15) is 38.8 Å². The molecule has 6 nitrogen and oxygen atoms in total. The molecule has 1 unspecified atom stereocenters. The van der Waals surface area contributed by atoms with Crippen LogP contribution in [-0.2, 0) is 9.53 Å². The normalized spacial score (nSPS) is 12.8. The van der Waals surface area contributed by atoms with E-state index in [-0.39, 0.29) is 11.8 Å². The predicted molar refractivity (Wildman–Crippen MR) is 57.5 cm³/mol. The van der Waals surface area contributed by atoms with Crippen LogP contribution in [0.5, 0.6) is 0 Å². The molecule has 2 N–H and O–H groups in total. The zero-order valence-corrected chi connectivity index (χ0v) is 9.77. The van der Waals surface area contributed by atoms with Gasteiger partial charge in [-0.25, -0.2) is 4.63 Å². The molecule has 0 amide bonds. The minimum Gasteiger partial charge on any atom is -0.465 e. The van der Waals surface area contributed by atoms with Gasteiger partial charge in [-0.2, -0.15) is 0 Å². The van der Waals surface area contributed by atoms with Gasteiger partial charge in [-0.05, 0) is 17.5 Å². The number of nitrogens with zero attached hydrogens (tertiary/aromatic N) is 2. The van der Waals surface area contributed by atoms with Crippen LogP contribution in [0, 0.1) is 5.92 Å². The molecule has 1 heterocycles. The van der Waals surface area contributed by atoms with Gasteiger partial charge >= 0.3 is 5.97 Å². The Kier molecular flexibility index (Phi) is 4.28. The van der Waals surface area contributed by atoms with Crippen LogP contribution in [-0.4, -0.2) is 22.9 Å². The van der Waals surface area contributed by atoms with Gasteiger partial charge in [0.25, 0.3) is 0 Å². The first kappa shape index (κ1) is 12.5. The minimum atomic E-state index is -0.495. The topological polar surface area (TPSA) is 91.2 Å². The minimum absolute atomic E-state index is 0.147. The van der Waals surface area contributed by atoms with E-state index in [1.807, 2.05) is 20.8 Å². The summed E-state index contributed by atoms with van der Waals surface area (Å²) in [6, 6.07) is 0. The fourth-order valence-corrected chi connectivity index (χ4v) is 1.27. The highest BCUT2D eigenvalue weighted by molar-refractivity contribution is 5.78. The molecule has 1 atom stereocenters. The summed E-state index contributed by atoms with van der Waals surface area (Å²) in [5.74, 6) is -0.383. The smallest absolute Gasteiger partial charge is 0.315 e. The third-order valence-corrected chi connectivity index (χ3v) is 2.12. The second-order valence-corrected chi connectivity index (χ2v) is 4.02. The van der Waals surface area contributed by atoms with Crippen LogP contribution < -0.4 is 5.73 Å². The zero-order chi connectivity index (χ0) is 12.1. The molecule has 0 aromatic carbocycles. The number of ether oxygens (including phenoxy) is 1. The average molecular weight is 227 g/mol. The molecular weight excluding hydrogens is 210 g/mol. The number of rotatable bonds is 5. The Morgan fingerprint density at radius 1 is 1.50 bits per heavy atom. The van der Waals surface area contributed by atoms with E-state index >= 15 is 0 Å². The van der Waals surface area contributed by atoms with E-state index in [4.69, 9.17) is 10.5 Å². The monoisotopic (exact) mass is 227 g/mol. The number of carbonyl (C=O) groups is 1. The molecule has 6 heteroatoms. The van der Waals surface area contributed by atoms with Crippen molar-refractivity contribution in [2.75, 3.05) is 12.3 Å². The summed E-state index contributed by atoms with van der Waals surface area (Å²) in [7, 11) is 0. The van der Waals surface area contributed by atoms with Gasteiger partial charge in [-0.15, -0.1) is 0 Å². The van der Waals surface area contributed by atoms with Crippen molar-refractivity contribution >= 4 is 11.8 Å². The number of nitrogens with two attached hydrogens (primary N) is 1. The van der Waals surface area contributed by atoms with E-state index in [1.54, 1.807) is 0 Å². The van der Waals surface area contributed by atoms with Gasteiger partial charge in [-0.1, -0.05) is 25.9 Å². The van der Waals surface area contributed by atoms with Crippen LogP contribution in [0.3, 0.4) is 0 Å². The van der Waals surface area contributed by atoms with Crippen LogP contribution in [0.4, 0.5) is 5.82 Å². The molecule has 1 rings (SSSR count). The summed E-state index contributed by atoms with van der Waals surface area (Å²) in [6.07, 6.45) is 0.551. The SMILES string of the molecule is CCC(C(=O)OCC(C)C)c1nonc1N. The Balaban J connectivity index is 2.68. The van der Waals surface area contributed by atoms with Gasteiger partial charge < -0.3 is 10.5 Å². The van der Waals surface area contributed by atoms with Crippen LogP contribution in [0.15, 0.2) is 4.63 Å². The third-order valence-electron chi connectivity index (χ3n) is 2.12. The molecular formula is C10H17N3O3. The summed E-state index contributed by atoms with van der Waals surface area (Å²) >= 11 is 0. The molecule has 0 aliphatic rings. The van der Waals surface area contributed by atoms with Gasteiger partial charge in [0.1, 0.15) is 11.6 Å². The van der Waals surface area contributed by atoms with Gasteiger partial charge in [0.2, 0.25) is 0 Å². The summed E-state index contributed by atoms with van der Waals surface area (Å²) in [5.41, 5.74) is 5.89. The van der Waals surface area contributed by atoms with E-state index < -0.39 is 5.92 Å². The molecule has 0 spiro atoms. The fourth-order valence-electron chi connectivity index (χ4n) is 1.27. The first-order chi connectivity index (χ1) is 7.56. The molecule has 0 saturated heterocycles. The number of hydrogen-bond acceptors (Lipinski definition) is 6. The zero-order valence-electron chi connectivity index (χ0n) is 9.77. The largest absolute Gasteiger partial charge is 0.465 e. The van der Waals surface area contributed by atoms with E-state index in [9.17, 15) is 4.79 Å². The molecule has 1 aromatic rings. The Morgan fingerprint density at radius 2 is 2.19 bits per heavy atom. The number of aromatic nitrogens is 2. The number of anilines is 1. The van der Waals surface area contributed by atoms with Crippen molar-refractivity contribution in [3.63, 3.8) is 0 Å². The second kappa shape index (κ2) is 5.48. The van der Waals surface area contributed by atoms with Gasteiger partial charge in [0, 0.05) is 0 Å². The van der Waals surface area contributed by atoms with E-state index in [2.05, 4.69) is 14.9 Å². The van der Waals surface area contributed by atoms with Crippen LogP contribution >= 0.6 is 0 Å². The van der Waals surface area contributed by atoms with Gasteiger partial charge in [0.05, 0.1) is 6.61 Å². The standard InChI is InChI=1S/C10H17N3O3/c1-4-7(8-9(11)13-16-12-8)10(14)15-5-6(2)3/h6-7H,4-5H2,1-3H3,(H2,11,13). The maximum absolute atomic E-state index is 11.7. The molecule has 0 bridgehead atoms. The van der Waals surface area contributed by atoms with Crippen molar-refractivity contribution in [3.05, 3.63) is 5.69 Å². The van der Waals surface area contributed by atoms with E-state index in [0.717, 1.165) is 0 Å². The van der Waals surface area contributed by atoms with Crippen molar-refractivity contribution < 1.29 is 14.2 Å². The molecule has 0 aliphatic carbocycles. The molecule has 0 aliphatic heterocycles. The summed E-state index contributed by atoms with van der Waals surface area (Å²) in [5, 5.41) is 7.07. The van der Waals surface area contributed by atoms with Crippen molar-refractivity contribution in [3.8, 4) is 0 Å². The fraction of sp³-hybridized carbons (Fsp3) is 0.700. The van der Waals surface area contributed by atoms with Crippen LogP contribution in [0.25, 0.3) is 0 Å². The van der Waals surface area contributed by atoms with Crippen LogP contribution in [0.2, 0.25) is 0 Å². The molecule has 1 aromatic heterocycles. The highest BCUT2D eigenvalue weighted by atomic mass is 16.6. The second-order valence-electron chi connectivity index (χ2n) is 4.02. The lowest BCUT2D eigenvalue weighted by Crippen LogP contribution is -2.19. The maximum atomic E-state index is 11.7. The Hall–Kier alpha value is -1.59. The highest BCUT2D eigenvalue weighted by Gasteiger charge is 2.26. The van der Waals surface area contributed by atoms with Crippen molar-refractivity contribution in [2.45, 2.75) is 33.1 Å². The van der Waals surface area contributed by atoms with Crippen molar-refractivity contribution in [2.24, 2.45) is 5.92 Å². The van der Waals surface area contributed by atoms with Gasteiger partial charge in [-0.3, -0.25) is 4.79 Å². The lowest BCUT2D eigenvalue weighted by molar-refractivity contribution is -0.146. The first-order valence-corrected chi connectivity index (χ1v) is 5.30. The number of esters is 1. The van der Waals surface area contributed by atoms with E-state index in [1.165, 1.54) is 0 Å². The molecule has 0 radical (unpaired) electrons. The first-order valence-electron chi connectivity index (χ1n) is 5.30. The lowest BCUT2D eigenvalue weighted by Gasteiger charge is -2.12. The Morgan fingerprint density at radius 3 is 2.62 bits per heavy atom. The van der Waals surface area contributed by atoms with Crippen molar-refractivity contribution in [1.82, 2.24) is 10.3 Å². The molecule has 0 fully saturated rings. The molecule has 90 valence electrons. The molecule has 0 saturated carbocycles. The third kappa shape index (κ3) is 2.95. The number of carbonyl (C=O) groups excluding carboxylic acids is 1. The summed E-state index contributed by atoms with van der Waals surface area (Å²) in [4.78, 5) is 11.7. The maximum Gasteiger partial charge on any atom is 0.315 e. The van der Waals surface area contributed by atoms with E-state index in [0.29, 0.717) is 24.6 Å².